The Hall–Kier alpha value is -2.08. The van der Waals surface area contributed by atoms with Crippen LogP contribution in [0.4, 0.5) is 5.69 Å². The molecular weight excluding hydrogens is 430 g/mol. The van der Waals surface area contributed by atoms with Crippen LogP contribution >= 0.6 is 23.7 Å². The number of nitro groups is 1. The summed E-state index contributed by atoms with van der Waals surface area (Å²) in [6, 6.07) is 6.22. The van der Waals surface area contributed by atoms with Gasteiger partial charge in [0.15, 0.2) is 0 Å². The molecule has 2 aliphatic heterocycles. The summed E-state index contributed by atoms with van der Waals surface area (Å²) in [5, 5.41) is 10.7. The van der Waals surface area contributed by atoms with Crippen LogP contribution < -0.4 is 4.72 Å². The van der Waals surface area contributed by atoms with E-state index < -0.39 is 33.5 Å². The summed E-state index contributed by atoms with van der Waals surface area (Å²) in [6.07, 6.45) is 0. The molecule has 0 bridgehead atoms. The minimum absolute atomic E-state index is 0.0774. The van der Waals surface area contributed by atoms with Crippen molar-refractivity contribution < 1.29 is 24.0 Å². The number of nitrogens with one attached hydrogen (secondary N) is 1. The third-order valence-electron chi connectivity index (χ3n) is 4.51. The summed E-state index contributed by atoms with van der Waals surface area (Å²) in [4.78, 5) is 38.4. The van der Waals surface area contributed by atoms with Crippen molar-refractivity contribution in [1.82, 2.24) is 9.62 Å². The molecule has 0 aromatic heterocycles. The fourth-order valence-corrected chi connectivity index (χ4v) is 5.54. The van der Waals surface area contributed by atoms with Crippen LogP contribution in [0.1, 0.15) is 27.7 Å². The molecule has 2 atom stereocenters. The predicted octanol–water partition coefficient (Wildman–Crippen LogP) is 3.07. The normalized spacial score (nSPS) is 23.7. The monoisotopic (exact) mass is 453 g/mol. The molecule has 1 N–H and O–H groups in total. The highest BCUT2D eigenvalue weighted by atomic mass is 32.2. The molecule has 162 valence electrons. The summed E-state index contributed by atoms with van der Waals surface area (Å²) >= 11 is 2.40. The number of carbonyl (C=O) groups excluding carboxylic acids is 2. The average Bonchev–Trinajstić information content (AvgIpc) is 2.67. The third-order valence-corrected chi connectivity index (χ3v) is 6.94. The predicted molar refractivity (Wildman–Crippen MR) is 113 cm³/mol. The van der Waals surface area contributed by atoms with Crippen LogP contribution in [0.15, 0.2) is 40.4 Å². The summed E-state index contributed by atoms with van der Waals surface area (Å²) in [7, 11) is 1.39. The molecule has 0 radical (unpaired) electrons. The highest BCUT2D eigenvalue weighted by Gasteiger charge is 2.66. The zero-order valence-electron chi connectivity index (χ0n) is 17.3. The van der Waals surface area contributed by atoms with Gasteiger partial charge >= 0.3 is 5.97 Å². The Morgan fingerprint density at radius 1 is 1.40 bits per heavy atom. The molecular formula is C19H23N3O6S2. The van der Waals surface area contributed by atoms with Crippen molar-refractivity contribution in [3.63, 3.8) is 0 Å². The highest BCUT2D eigenvalue weighted by Crippen LogP contribution is 2.48. The van der Waals surface area contributed by atoms with Crippen LogP contribution in [-0.4, -0.2) is 51.3 Å². The lowest BCUT2D eigenvalue weighted by Crippen LogP contribution is -2.79. The number of ether oxygens (including phenoxy) is 2. The lowest BCUT2D eigenvalue weighted by molar-refractivity contribution is -0.387. The van der Waals surface area contributed by atoms with Gasteiger partial charge in [-0.1, -0.05) is 12.1 Å². The summed E-state index contributed by atoms with van der Waals surface area (Å²) in [6.45, 7) is 7.08. The number of hydrogen-bond acceptors (Lipinski definition) is 9. The summed E-state index contributed by atoms with van der Waals surface area (Å²) < 4.78 is 14.0. The number of methoxy groups -OCH3 is 1. The number of para-hydroxylation sites is 1. The molecule has 1 aromatic carbocycles. The highest BCUT2D eigenvalue weighted by molar-refractivity contribution is 8.00. The first kappa shape index (κ1) is 22.6. The molecule has 0 unspecified atom stereocenters. The molecule has 1 amide bonds. The first-order chi connectivity index (χ1) is 14.0. The van der Waals surface area contributed by atoms with Gasteiger partial charge in [0.2, 0.25) is 5.72 Å². The van der Waals surface area contributed by atoms with Gasteiger partial charge in [-0.05, 0) is 51.3 Å². The number of thioether (sulfide) groups is 1. The number of β-lactam (4-membered cyclic amide) rings is 1. The van der Waals surface area contributed by atoms with Gasteiger partial charge in [0.25, 0.3) is 11.6 Å². The van der Waals surface area contributed by atoms with Gasteiger partial charge < -0.3 is 9.47 Å². The largest absolute Gasteiger partial charge is 0.455 e. The fraction of sp³-hybridized carbons (Fsp3) is 0.474. The zero-order chi connectivity index (χ0) is 22.3. The van der Waals surface area contributed by atoms with Crippen molar-refractivity contribution in [2.45, 2.75) is 49.3 Å². The van der Waals surface area contributed by atoms with Crippen molar-refractivity contribution in [2.24, 2.45) is 0 Å². The van der Waals surface area contributed by atoms with Gasteiger partial charge in [-0.3, -0.25) is 19.8 Å². The minimum atomic E-state index is -1.42. The van der Waals surface area contributed by atoms with Crippen molar-refractivity contribution in [2.75, 3.05) is 12.9 Å². The molecule has 1 saturated heterocycles. The zero-order valence-corrected chi connectivity index (χ0v) is 18.9. The molecule has 0 saturated carbocycles. The van der Waals surface area contributed by atoms with Gasteiger partial charge in [0.1, 0.15) is 21.6 Å². The lowest BCUT2D eigenvalue weighted by Gasteiger charge is -2.55. The molecule has 0 spiro atoms. The Morgan fingerprint density at radius 3 is 2.67 bits per heavy atom. The quantitative estimate of drug-likeness (QED) is 0.173. The topological polar surface area (TPSA) is 111 Å². The van der Waals surface area contributed by atoms with E-state index >= 15 is 0 Å². The molecule has 3 rings (SSSR count). The Kier molecular flexibility index (Phi) is 6.19. The van der Waals surface area contributed by atoms with Crippen molar-refractivity contribution in [3.05, 3.63) is 45.6 Å². The molecule has 30 heavy (non-hydrogen) atoms. The molecule has 0 aliphatic carbocycles. The van der Waals surface area contributed by atoms with Crippen molar-refractivity contribution in [1.29, 1.82) is 0 Å². The second kappa shape index (κ2) is 8.22. The number of hydrogen-bond donors (Lipinski definition) is 1. The van der Waals surface area contributed by atoms with E-state index in [1.54, 1.807) is 45.9 Å². The summed E-state index contributed by atoms with van der Waals surface area (Å²) in [5.41, 5.74) is -1.23. The Bertz CT molecular complexity index is 929. The molecule has 2 aliphatic rings. The van der Waals surface area contributed by atoms with Crippen LogP contribution in [-0.2, 0) is 19.1 Å². The van der Waals surface area contributed by atoms with Gasteiger partial charge in [0, 0.05) is 18.9 Å². The number of fused-ring (bicyclic) bond motifs is 1. The molecule has 2 heterocycles. The first-order valence-electron chi connectivity index (χ1n) is 9.13. The van der Waals surface area contributed by atoms with E-state index in [4.69, 9.17) is 9.47 Å². The average molecular weight is 454 g/mol. The van der Waals surface area contributed by atoms with Crippen molar-refractivity contribution in [3.8, 4) is 0 Å². The van der Waals surface area contributed by atoms with E-state index in [2.05, 4.69) is 4.72 Å². The van der Waals surface area contributed by atoms with E-state index in [0.29, 0.717) is 10.6 Å². The lowest BCUT2D eigenvalue weighted by atomic mass is 9.99. The van der Waals surface area contributed by atoms with Crippen molar-refractivity contribution >= 4 is 41.3 Å². The number of benzene rings is 1. The van der Waals surface area contributed by atoms with Gasteiger partial charge in [-0.25, -0.2) is 9.52 Å². The second-order valence-corrected chi connectivity index (χ2v) is 9.75. The molecule has 9 nitrogen and oxygen atoms in total. The smallest absolute Gasteiger partial charge is 0.355 e. The van der Waals surface area contributed by atoms with Gasteiger partial charge in [0.05, 0.1) is 4.92 Å². The minimum Gasteiger partial charge on any atom is -0.455 e. The first-order valence-corrected chi connectivity index (χ1v) is 11.0. The fourth-order valence-electron chi connectivity index (χ4n) is 3.14. The maximum Gasteiger partial charge on any atom is 0.355 e. The summed E-state index contributed by atoms with van der Waals surface area (Å²) in [5.74, 6) is -0.491. The number of nitro benzene ring substituents is 1. The van der Waals surface area contributed by atoms with E-state index in [0.717, 1.165) is 17.5 Å². The maximum atomic E-state index is 13.2. The SMILES string of the molecule is CO[C@@]1(NSc2ccccc2[N+](=O)[O-])C(=O)N2C(C(=O)OC(C)(C)C)=C(C)CS[C@H]21. The maximum absolute atomic E-state index is 13.2. The number of rotatable bonds is 6. The van der Waals surface area contributed by atoms with Gasteiger partial charge in [-0.15, -0.1) is 11.8 Å². The van der Waals surface area contributed by atoms with Crippen LogP contribution in [0.5, 0.6) is 0 Å². The standard InChI is InChI=1S/C19H23N3O6S2/c1-11-10-29-17-19(27-5,20-30-13-9-7-6-8-12(13)22(25)26)16(24)21(17)14(11)15(23)28-18(2,3)4/h6-9,17,20H,10H2,1-5H3/t17-,19-/m0/s1. The van der Waals surface area contributed by atoms with Crippen LogP contribution in [0.25, 0.3) is 0 Å². The van der Waals surface area contributed by atoms with Gasteiger partial charge in [-0.2, -0.15) is 0 Å². The van der Waals surface area contributed by atoms with E-state index in [1.165, 1.54) is 29.8 Å². The Labute approximate surface area is 182 Å². The number of nitrogens with zero attached hydrogens (tertiary/aromatic N) is 2. The molecule has 1 aromatic rings. The number of esters is 1. The van der Waals surface area contributed by atoms with E-state index in [1.807, 2.05) is 0 Å². The molecule has 11 heteroatoms. The van der Waals surface area contributed by atoms with E-state index in [-0.39, 0.29) is 11.4 Å². The third kappa shape index (κ3) is 3.94. The second-order valence-electron chi connectivity index (χ2n) is 7.84. The van der Waals surface area contributed by atoms with Crippen LogP contribution in [0.3, 0.4) is 0 Å². The van der Waals surface area contributed by atoms with Crippen LogP contribution in [0.2, 0.25) is 0 Å². The van der Waals surface area contributed by atoms with Crippen LogP contribution in [0, 0.1) is 10.1 Å². The number of carbonyl (C=O) groups is 2. The Morgan fingerprint density at radius 2 is 2.07 bits per heavy atom. The van der Waals surface area contributed by atoms with E-state index in [9.17, 15) is 19.7 Å². The Balaban J connectivity index is 1.84. The molecule has 1 fully saturated rings. The number of amides is 1.